The van der Waals surface area contributed by atoms with Crippen molar-refractivity contribution in [3.8, 4) is 0 Å². The number of carbonyl (C=O) groups is 2. The molecule has 1 saturated carbocycles. The van der Waals surface area contributed by atoms with Crippen LogP contribution in [0.15, 0.2) is 36.4 Å². The zero-order valence-corrected chi connectivity index (χ0v) is 14.4. The molecule has 0 saturated heterocycles. The third kappa shape index (κ3) is 4.19. The van der Waals surface area contributed by atoms with Crippen molar-refractivity contribution in [2.75, 3.05) is 0 Å². The first-order chi connectivity index (χ1) is 12.3. The maximum Gasteiger partial charge on any atom is 0.326 e. The van der Waals surface area contributed by atoms with Crippen molar-refractivity contribution in [3.05, 3.63) is 69.7 Å². The summed E-state index contributed by atoms with van der Waals surface area (Å²) in [6.45, 7) is 0. The van der Waals surface area contributed by atoms with E-state index in [1.165, 1.54) is 12.1 Å². The molecule has 0 heterocycles. The molecule has 2 aromatic rings. The Labute approximate surface area is 153 Å². The van der Waals surface area contributed by atoms with Crippen molar-refractivity contribution in [1.29, 1.82) is 0 Å². The summed E-state index contributed by atoms with van der Waals surface area (Å²) in [6.07, 6.45) is 1.85. The van der Waals surface area contributed by atoms with Gasteiger partial charge in [0.05, 0.1) is 5.02 Å². The quantitative estimate of drug-likeness (QED) is 0.799. The number of aliphatic carboxylic acids is 1. The number of carboxylic acid groups (broad SMARTS) is 1. The van der Waals surface area contributed by atoms with E-state index in [0.717, 1.165) is 25.0 Å². The molecule has 4 nitrogen and oxygen atoms in total. The number of nitrogens with one attached hydrogen (secondary N) is 1. The van der Waals surface area contributed by atoms with E-state index >= 15 is 0 Å². The Kier molecular flexibility index (Phi) is 5.23. The Bertz CT molecular complexity index is 868. The van der Waals surface area contributed by atoms with Crippen LogP contribution in [0.4, 0.5) is 8.78 Å². The number of amides is 1. The summed E-state index contributed by atoms with van der Waals surface area (Å²) in [6, 6.07) is 6.76. The van der Waals surface area contributed by atoms with Gasteiger partial charge in [0.1, 0.15) is 17.7 Å². The second kappa shape index (κ2) is 7.41. The van der Waals surface area contributed by atoms with Gasteiger partial charge >= 0.3 is 5.97 Å². The van der Waals surface area contributed by atoms with Gasteiger partial charge in [0.15, 0.2) is 0 Å². The third-order valence-electron chi connectivity index (χ3n) is 4.31. The summed E-state index contributed by atoms with van der Waals surface area (Å²) >= 11 is 5.64. The van der Waals surface area contributed by atoms with Crippen LogP contribution in [0.5, 0.6) is 0 Å². The number of halogens is 3. The number of benzene rings is 2. The van der Waals surface area contributed by atoms with E-state index in [4.69, 9.17) is 11.6 Å². The first-order valence-corrected chi connectivity index (χ1v) is 8.50. The first kappa shape index (κ1) is 18.3. The number of carbonyl (C=O) groups excluding carboxylic acids is 1. The van der Waals surface area contributed by atoms with E-state index < -0.39 is 23.7 Å². The molecule has 0 bridgehead atoms. The van der Waals surface area contributed by atoms with E-state index in [0.29, 0.717) is 11.1 Å². The Hall–Kier alpha value is -2.47. The highest BCUT2D eigenvalue weighted by Crippen LogP contribution is 2.41. The topological polar surface area (TPSA) is 66.4 Å². The molecule has 0 radical (unpaired) electrons. The Balaban J connectivity index is 1.72. The fourth-order valence-electron chi connectivity index (χ4n) is 2.74. The molecule has 1 fully saturated rings. The lowest BCUT2D eigenvalue weighted by atomic mass is 10.0. The van der Waals surface area contributed by atoms with E-state index in [2.05, 4.69) is 5.32 Å². The molecular formula is C19H16ClF2NO3. The molecule has 1 atom stereocenters. The van der Waals surface area contributed by atoms with E-state index in [9.17, 15) is 23.5 Å². The molecule has 0 unspecified atom stereocenters. The average Bonchev–Trinajstić information content (AvgIpc) is 3.41. The maximum absolute atomic E-state index is 14.1. The van der Waals surface area contributed by atoms with Crippen molar-refractivity contribution >= 4 is 23.5 Å². The Morgan fingerprint density at radius 2 is 1.88 bits per heavy atom. The van der Waals surface area contributed by atoms with Crippen LogP contribution in [0, 0.1) is 11.6 Å². The van der Waals surface area contributed by atoms with Gasteiger partial charge in [0, 0.05) is 12.0 Å². The standard InChI is InChI=1S/C19H16ClF2NO3/c20-14-9-12(4-6-15(14)21)18(24)23-17(19(25)26)8-10-1-5-13(11-2-3-11)16(22)7-10/h1,4-7,9,11,17H,2-3,8H2,(H,23,24)(H,25,26)/t17-/m0/s1. The third-order valence-corrected chi connectivity index (χ3v) is 4.60. The van der Waals surface area contributed by atoms with Crippen molar-refractivity contribution in [3.63, 3.8) is 0 Å². The molecule has 7 heteroatoms. The molecule has 1 amide bonds. The molecule has 1 aliphatic rings. The summed E-state index contributed by atoms with van der Waals surface area (Å²) in [5.74, 6) is -2.73. The SMILES string of the molecule is O=C(N[C@@H](Cc1ccc(C2CC2)c(F)c1)C(=O)O)c1ccc(F)c(Cl)c1. The van der Waals surface area contributed by atoms with Crippen LogP contribution in [0.3, 0.4) is 0 Å². The van der Waals surface area contributed by atoms with Crippen LogP contribution in [0.25, 0.3) is 0 Å². The van der Waals surface area contributed by atoms with Crippen LogP contribution in [0.2, 0.25) is 5.02 Å². The number of rotatable bonds is 6. The zero-order valence-electron chi connectivity index (χ0n) is 13.6. The average molecular weight is 380 g/mol. The molecule has 136 valence electrons. The van der Waals surface area contributed by atoms with Gasteiger partial charge in [-0.15, -0.1) is 0 Å². The fourth-order valence-corrected chi connectivity index (χ4v) is 2.92. The van der Waals surface area contributed by atoms with Gasteiger partial charge in [-0.3, -0.25) is 4.79 Å². The zero-order chi connectivity index (χ0) is 18.8. The Morgan fingerprint density at radius 3 is 2.46 bits per heavy atom. The second-order valence-electron chi connectivity index (χ2n) is 6.33. The summed E-state index contributed by atoms with van der Waals surface area (Å²) in [4.78, 5) is 23.7. The van der Waals surface area contributed by atoms with Crippen LogP contribution in [0.1, 0.15) is 40.2 Å². The largest absolute Gasteiger partial charge is 0.480 e. The molecule has 3 rings (SSSR count). The first-order valence-electron chi connectivity index (χ1n) is 8.12. The molecule has 1 aliphatic carbocycles. The van der Waals surface area contributed by atoms with Crippen molar-refractivity contribution in [2.24, 2.45) is 0 Å². The highest BCUT2D eigenvalue weighted by molar-refractivity contribution is 6.31. The number of carboxylic acids is 1. The smallest absolute Gasteiger partial charge is 0.326 e. The molecular weight excluding hydrogens is 364 g/mol. The van der Waals surface area contributed by atoms with Crippen molar-refractivity contribution in [2.45, 2.75) is 31.2 Å². The molecule has 26 heavy (non-hydrogen) atoms. The predicted molar refractivity (Wildman–Crippen MR) is 92.4 cm³/mol. The van der Waals surface area contributed by atoms with E-state index in [1.807, 2.05) is 0 Å². The van der Waals surface area contributed by atoms with Crippen LogP contribution >= 0.6 is 11.6 Å². The molecule has 0 aromatic heterocycles. The van der Waals surface area contributed by atoms with Gasteiger partial charge in [0.25, 0.3) is 5.91 Å². The molecule has 2 aromatic carbocycles. The predicted octanol–water partition coefficient (Wildman–Crippen LogP) is 3.92. The monoisotopic (exact) mass is 379 g/mol. The van der Waals surface area contributed by atoms with Crippen LogP contribution in [-0.4, -0.2) is 23.0 Å². The summed E-state index contributed by atoms with van der Waals surface area (Å²) in [7, 11) is 0. The lowest BCUT2D eigenvalue weighted by Crippen LogP contribution is -2.42. The van der Waals surface area contributed by atoms with Crippen molar-refractivity contribution in [1.82, 2.24) is 5.32 Å². The van der Waals surface area contributed by atoms with Gasteiger partial charge in [0.2, 0.25) is 0 Å². The normalized spacial score (nSPS) is 14.7. The van der Waals surface area contributed by atoms with Gasteiger partial charge in [-0.05, 0) is 54.2 Å². The van der Waals surface area contributed by atoms with Crippen LogP contribution < -0.4 is 5.32 Å². The minimum Gasteiger partial charge on any atom is -0.480 e. The molecule has 2 N–H and O–H groups in total. The summed E-state index contributed by atoms with van der Waals surface area (Å²) in [5, 5.41) is 11.5. The molecule has 0 spiro atoms. The lowest BCUT2D eigenvalue weighted by molar-refractivity contribution is -0.139. The number of hydrogen-bond donors (Lipinski definition) is 2. The highest BCUT2D eigenvalue weighted by atomic mass is 35.5. The van der Waals surface area contributed by atoms with E-state index in [1.54, 1.807) is 12.1 Å². The van der Waals surface area contributed by atoms with Gasteiger partial charge < -0.3 is 10.4 Å². The minimum atomic E-state index is -1.25. The van der Waals surface area contributed by atoms with Crippen molar-refractivity contribution < 1.29 is 23.5 Å². The summed E-state index contributed by atoms with van der Waals surface area (Å²) < 4.78 is 27.3. The number of hydrogen-bond acceptors (Lipinski definition) is 2. The highest BCUT2D eigenvalue weighted by Gasteiger charge is 2.27. The summed E-state index contributed by atoms with van der Waals surface area (Å²) in [5.41, 5.74) is 1.15. The van der Waals surface area contributed by atoms with Crippen LogP contribution in [-0.2, 0) is 11.2 Å². The van der Waals surface area contributed by atoms with E-state index in [-0.39, 0.29) is 28.7 Å². The van der Waals surface area contributed by atoms with Gasteiger partial charge in [-0.2, -0.15) is 0 Å². The fraction of sp³-hybridized carbons (Fsp3) is 0.263. The lowest BCUT2D eigenvalue weighted by Gasteiger charge is -2.15. The molecule has 0 aliphatic heterocycles. The van der Waals surface area contributed by atoms with Gasteiger partial charge in [-0.25, -0.2) is 13.6 Å². The minimum absolute atomic E-state index is 0.0397. The second-order valence-corrected chi connectivity index (χ2v) is 6.73. The maximum atomic E-state index is 14.1. The Morgan fingerprint density at radius 1 is 1.15 bits per heavy atom. The van der Waals surface area contributed by atoms with Gasteiger partial charge in [-0.1, -0.05) is 23.7 Å².